The van der Waals surface area contributed by atoms with Gasteiger partial charge in [0.1, 0.15) is 12.4 Å². The number of Topliss-reactive ketones (excluding diaryl/α,β-unsaturated/α-hetero) is 1. The fourth-order valence-electron chi connectivity index (χ4n) is 2.66. The predicted molar refractivity (Wildman–Crippen MR) is 99.4 cm³/mol. The van der Waals surface area contributed by atoms with Gasteiger partial charge in [0.05, 0.1) is 0 Å². The molecule has 0 spiro atoms. The number of hydrogen-bond acceptors (Lipinski definition) is 4. The van der Waals surface area contributed by atoms with E-state index in [2.05, 4.69) is 5.32 Å². The average molecular weight is 371 g/mol. The lowest BCUT2D eigenvalue weighted by Gasteiger charge is -2.13. The van der Waals surface area contributed by atoms with E-state index in [0.29, 0.717) is 5.56 Å². The van der Waals surface area contributed by atoms with Crippen molar-refractivity contribution in [3.8, 4) is 0 Å². The van der Waals surface area contributed by atoms with Crippen LogP contribution in [0.15, 0.2) is 30.3 Å². The summed E-state index contributed by atoms with van der Waals surface area (Å²) in [5.74, 6) is -2.19. The highest BCUT2D eigenvalue weighted by Gasteiger charge is 2.16. The lowest BCUT2D eigenvalue weighted by Crippen LogP contribution is -2.31. The van der Waals surface area contributed by atoms with Crippen LogP contribution in [0.25, 0.3) is 0 Å². The zero-order chi connectivity index (χ0) is 20.1. The molecule has 2 aromatic rings. The summed E-state index contributed by atoms with van der Waals surface area (Å²) < 4.78 is 18.1. The summed E-state index contributed by atoms with van der Waals surface area (Å²) in [5, 5.41) is 2.34. The number of esters is 1. The van der Waals surface area contributed by atoms with Gasteiger partial charge in [0.2, 0.25) is 5.78 Å². The Morgan fingerprint density at radius 2 is 1.70 bits per heavy atom. The molecule has 0 aliphatic heterocycles. The first-order valence-electron chi connectivity index (χ1n) is 8.50. The number of aryl methyl sites for hydroxylation is 1. The van der Waals surface area contributed by atoms with E-state index in [0.717, 1.165) is 28.3 Å². The molecule has 0 heterocycles. The summed E-state index contributed by atoms with van der Waals surface area (Å²) in [6, 6.07) is 6.90. The normalized spacial score (nSPS) is 10.4. The number of rotatable bonds is 6. The quantitative estimate of drug-likeness (QED) is 0.625. The molecule has 0 fully saturated rings. The Kier molecular flexibility index (Phi) is 6.45. The van der Waals surface area contributed by atoms with Crippen molar-refractivity contribution in [3.05, 3.63) is 69.5 Å². The van der Waals surface area contributed by atoms with Crippen LogP contribution in [-0.2, 0) is 9.53 Å². The Morgan fingerprint density at radius 3 is 2.37 bits per heavy atom. The summed E-state index contributed by atoms with van der Waals surface area (Å²) >= 11 is 0. The Balaban J connectivity index is 1.90. The van der Waals surface area contributed by atoms with E-state index >= 15 is 0 Å². The van der Waals surface area contributed by atoms with Gasteiger partial charge in [-0.3, -0.25) is 14.4 Å². The van der Waals surface area contributed by atoms with Gasteiger partial charge in [-0.1, -0.05) is 6.07 Å². The Bertz CT molecular complexity index is 905. The van der Waals surface area contributed by atoms with Crippen LogP contribution in [-0.4, -0.2) is 30.8 Å². The number of nitrogens with one attached hydrogen (secondary N) is 1. The molecule has 1 amide bonds. The molecule has 0 radical (unpaired) electrons. The molecule has 0 saturated heterocycles. The van der Waals surface area contributed by atoms with Gasteiger partial charge < -0.3 is 10.1 Å². The van der Waals surface area contributed by atoms with Crippen molar-refractivity contribution >= 4 is 17.7 Å². The van der Waals surface area contributed by atoms with Crippen molar-refractivity contribution in [2.24, 2.45) is 0 Å². The molecule has 2 rings (SSSR count). The minimum Gasteiger partial charge on any atom is -0.456 e. The highest BCUT2D eigenvalue weighted by Crippen LogP contribution is 2.21. The minimum absolute atomic E-state index is 0.0973. The first kappa shape index (κ1) is 20.3. The maximum atomic E-state index is 13.1. The van der Waals surface area contributed by atoms with Crippen LogP contribution in [0.4, 0.5) is 4.39 Å². The molecular weight excluding hydrogens is 349 g/mol. The van der Waals surface area contributed by atoms with Crippen LogP contribution >= 0.6 is 0 Å². The van der Waals surface area contributed by atoms with Crippen molar-refractivity contribution in [2.45, 2.75) is 27.7 Å². The van der Waals surface area contributed by atoms with Crippen molar-refractivity contribution in [1.82, 2.24) is 5.32 Å². The van der Waals surface area contributed by atoms with Gasteiger partial charge in [0.25, 0.3) is 5.91 Å². The number of ether oxygens (including phenoxy) is 1. The summed E-state index contributed by atoms with van der Waals surface area (Å²) in [4.78, 5) is 36.0. The molecule has 0 aromatic heterocycles. The highest BCUT2D eigenvalue weighted by atomic mass is 19.1. The monoisotopic (exact) mass is 371 g/mol. The predicted octanol–water partition coefficient (Wildman–Crippen LogP) is 3.22. The third kappa shape index (κ3) is 5.00. The van der Waals surface area contributed by atoms with Crippen molar-refractivity contribution < 1.29 is 23.5 Å². The molecule has 2 aromatic carbocycles. The van der Waals surface area contributed by atoms with Gasteiger partial charge in [-0.05, 0) is 74.2 Å². The highest BCUT2D eigenvalue weighted by molar-refractivity contribution is 6.00. The SMILES string of the molecule is Cc1cc(C(=O)COC(=O)CNC(=O)c2cccc(F)c2)c(C)c(C)c1C. The molecule has 0 bridgehead atoms. The zero-order valence-corrected chi connectivity index (χ0v) is 15.8. The minimum atomic E-state index is -0.744. The molecule has 27 heavy (non-hydrogen) atoms. The molecule has 1 N–H and O–H groups in total. The van der Waals surface area contributed by atoms with Gasteiger partial charge in [0, 0.05) is 11.1 Å². The van der Waals surface area contributed by atoms with Gasteiger partial charge in [-0.25, -0.2) is 4.39 Å². The second-order valence-corrected chi connectivity index (χ2v) is 6.39. The maximum absolute atomic E-state index is 13.1. The number of carbonyl (C=O) groups is 3. The Labute approximate surface area is 157 Å². The molecule has 5 nitrogen and oxygen atoms in total. The molecular formula is C21H22FNO4. The fourth-order valence-corrected chi connectivity index (χ4v) is 2.66. The van der Waals surface area contributed by atoms with Crippen LogP contribution in [0.1, 0.15) is 43.0 Å². The van der Waals surface area contributed by atoms with Crippen molar-refractivity contribution in [3.63, 3.8) is 0 Å². The molecule has 0 aliphatic carbocycles. The zero-order valence-electron chi connectivity index (χ0n) is 15.8. The third-order valence-electron chi connectivity index (χ3n) is 4.63. The van der Waals surface area contributed by atoms with Crippen LogP contribution in [0.5, 0.6) is 0 Å². The lowest BCUT2D eigenvalue weighted by atomic mass is 9.93. The number of hydrogen-bond donors (Lipinski definition) is 1. The van der Waals surface area contributed by atoms with Gasteiger partial charge in [0.15, 0.2) is 6.61 Å². The summed E-state index contributed by atoms with van der Waals surface area (Å²) in [5.41, 5.74) is 4.63. The van der Waals surface area contributed by atoms with E-state index in [4.69, 9.17) is 4.74 Å². The van der Waals surface area contributed by atoms with Crippen molar-refractivity contribution in [2.75, 3.05) is 13.2 Å². The third-order valence-corrected chi connectivity index (χ3v) is 4.63. The topological polar surface area (TPSA) is 72.5 Å². The van der Waals surface area contributed by atoms with Crippen molar-refractivity contribution in [1.29, 1.82) is 0 Å². The summed E-state index contributed by atoms with van der Waals surface area (Å²) in [7, 11) is 0. The largest absolute Gasteiger partial charge is 0.456 e. The maximum Gasteiger partial charge on any atom is 0.325 e. The van der Waals surface area contributed by atoms with E-state index in [9.17, 15) is 18.8 Å². The van der Waals surface area contributed by atoms with E-state index in [1.165, 1.54) is 18.2 Å². The molecule has 0 saturated carbocycles. The van der Waals surface area contributed by atoms with E-state index < -0.39 is 30.8 Å². The summed E-state index contributed by atoms with van der Waals surface area (Å²) in [6.45, 7) is 6.91. The number of benzene rings is 2. The number of ketones is 1. The van der Waals surface area contributed by atoms with E-state index in [-0.39, 0.29) is 11.3 Å². The fraction of sp³-hybridized carbons (Fsp3) is 0.286. The van der Waals surface area contributed by atoms with Gasteiger partial charge >= 0.3 is 5.97 Å². The van der Waals surface area contributed by atoms with Crippen LogP contribution < -0.4 is 5.32 Å². The van der Waals surface area contributed by atoms with E-state index in [1.807, 2.05) is 27.7 Å². The molecule has 6 heteroatoms. The second-order valence-electron chi connectivity index (χ2n) is 6.39. The molecule has 0 atom stereocenters. The van der Waals surface area contributed by atoms with Crippen LogP contribution in [0.3, 0.4) is 0 Å². The standard InChI is InChI=1S/C21H22FNO4/c1-12-8-18(15(4)14(3)13(12)2)19(24)11-27-20(25)10-23-21(26)16-6-5-7-17(22)9-16/h5-9H,10-11H2,1-4H3,(H,23,26). The number of amides is 1. The second kappa shape index (κ2) is 8.58. The first-order valence-corrected chi connectivity index (χ1v) is 8.50. The Morgan fingerprint density at radius 1 is 1.00 bits per heavy atom. The van der Waals surface area contributed by atoms with E-state index in [1.54, 1.807) is 6.07 Å². The van der Waals surface area contributed by atoms with Crippen LogP contribution in [0.2, 0.25) is 0 Å². The Hall–Kier alpha value is -3.02. The van der Waals surface area contributed by atoms with Gasteiger partial charge in [-0.15, -0.1) is 0 Å². The molecule has 0 aliphatic rings. The van der Waals surface area contributed by atoms with Crippen LogP contribution in [0, 0.1) is 33.5 Å². The smallest absolute Gasteiger partial charge is 0.325 e. The molecule has 142 valence electrons. The number of carbonyl (C=O) groups excluding carboxylic acids is 3. The lowest BCUT2D eigenvalue weighted by molar-refractivity contribution is -0.141. The summed E-state index contributed by atoms with van der Waals surface area (Å²) in [6.07, 6.45) is 0. The first-order chi connectivity index (χ1) is 12.7. The molecule has 0 unspecified atom stereocenters. The average Bonchev–Trinajstić information content (AvgIpc) is 2.65. The van der Waals surface area contributed by atoms with Gasteiger partial charge in [-0.2, -0.15) is 0 Å². The number of halogens is 1.